The number of carbonyl (C=O) groups is 1. The average Bonchev–Trinajstić information content (AvgIpc) is 2.56. The molecule has 1 amide bonds. The monoisotopic (exact) mass is 319 g/mol. The summed E-state index contributed by atoms with van der Waals surface area (Å²) < 4.78 is 28.7. The molecule has 0 saturated heterocycles. The Morgan fingerprint density at radius 1 is 1.09 bits per heavy atom. The van der Waals surface area contributed by atoms with Gasteiger partial charge >= 0.3 is 0 Å². The smallest absolute Gasteiger partial charge is 0.262 e. The van der Waals surface area contributed by atoms with Crippen LogP contribution in [0.5, 0.6) is 17.2 Å². The van der Waals surface area contributed by atoms with Gasteiger partial charge in [-0.2, -0.15) is 0 Å². The van der Waals surface area contributed by atoms with Crippen molar-refractivity contribution in [3.05, 3.63) is 48.3 Å². The van der Waals surface area contributed by atoms with Crippen molar-refractivity contribution in [3.8, 4) is 17.2 Å². The number of halogens is 1. The van der Waals surface area contributed by atoms with E-state index in [0.29, 0.717) is 29.5 Å². The number of hydrogen-bond donors (Lipinski definition) is 1. The SMILES string of the molecule is CCOc1ccc(NC(=O)COc2ccc(F)cc2)cc1OC. The topological polar surface area (TPSA) is 56.8 Å². The summed E-state index contributed by atoms with van der Waals surface area (Å²) in [7, 11) is 1.53. The lowest BCUT2D eigenvalue weighted by atomic mass is 10.2. The lowest BCUT2D eigenvalue weighted by molar-refractivity contribution is -0.118. The molecule has 2 aromatic rings. The van der Waals surface area contributed by atoms with E-state index in [4.69, 9.17) is 14.2 Å². The maximum absolute atomic E-state index is 12.8. The lowest BCUT2D eigenvalue weighted by Crippen LogP contribution is -2.20. The summed E-state index contributed by atoms with van der Waals surface area (Å²) in [6.45, 7) is 2.22. The summed E-state index contributed by atoms with van der Waals surface area (Å²) in [5, 5.41) is 2.69. The highest BCUT2D eigenvalue weighted by Crippen LogP contribution is 2.30. The fourth-order valence-electron chi connectivity index (χ4n) is 1.90. The first-order valence-corrected chi connectivity index (χ1v) is 7.11. The van der Waals surface area contributed by atoms with E-state index in [0.717, 1.165) is 0 Å². The predicted octanol–water partition coefficient (Wildman–Crippen LogP) is 3.25. The number of methoxy groups -OCH3 is 1. The molecule has 6 heteroatoms. The van der Waals surface area contributed by atoms with Crippen LogP contribution >= 0.6 is 0 Å². The van der Waals surface area contributed by atoms with Crippen LogP contribution in [-0.2, 0) is 4.79 Å². The van der Waals surface area contributed by atoms with Gasteiger partial charge in [-0.05, 0) is 43.3 Å². The lowest BCUT2D eigenvalue weighted by Gasteiger charge is -2.12. The fourth-order valence-corrected chi connectivity index (χ4v) is 1.90. The first kappa shape index (κ1) is 16.6. The third-order valence-corrected chi connectivity index (χ3v) is 2.93. The van der Waals surface area contributed by atoms with Crippen molar-refractivity contribution in [1.29, 1.82) is 0 Å². The molecule has 0 atom stereocenters. The van der Waals surface area contributed by atoms with Crippen molar-refractivity contribution in [2.45, 2.75) is 6.92 Å². The zero-order chi connectivity index (χ0) is 16.7. The van der Waals surface area contributed by atoms with Gasteiger partial charge in [0.15, 0.2) is 18.1 Å². The van der Waals surface area contributed by atoms with Crippen molar-refractivity contribution >= 4 is 11.6 Å². The number of rotatable bonds is 7. The zero-order valence-corrected chi connectivity index (χ0v) is 13.0. The van der Waals surface area contributed by atoms with Crippen molar-refractivity contribution < 1.29 is 23.4 Å². The van der Waals surface area contributed by atoms with E-state index in [1.165, 1.54) is 31.4 Å². The predicted molar refractivity (Wildman–Crippen MR) is 84.7 cm³/mol. The molecule has 0 aliphatic rings. The van der Waals surface area contributed by atoms with E-state index in [1.54, 1.807) is 18.2 Å². The van der Waals surface area contributed by atoms with E-state index >= 15 is 0 Å². The Morgan fingerprint density at radius 3 is 2.48 bits per heavy atom. The molecule has 0 spiro atoms. The molecule has 0 fully saturated rings. The molecular formula is C17H18FNO4. The molecule has 0 heterocycles. The fraction of sp³-hybridized carbons (Fsp3) is 0.235. The summed E-state index contributed by atoms with van der Waals surface area (Å²) in [4.78, 5) is 11.9. The van der Waals surface area contributed by atoms with Crippen LogP contribution in [0.4, 0.5) is 10.1 Å². The summed E-state index contributed by atoms with van der Waals surface area (Å²) >= 11 is 0. The Morgan fingerprint density at radius 2 is 1.83 bits per heavy atom. The van der Waals surface area contributed by atoms with E-state index in [1.807, 2.05) is 6.92 Å². The van der Waals surface area contributed by atoms with Gasteiger partial charge in [0.05, 0.1) is 13.7 Å². The minimum Gasteiger partial charge on any atom is -0.493 e. The molecule has 0 bridgehead atoms. The second kappa shape index (κ2) is 8.03. The van der Waals surface area contributed by atoms with Crippen LogP contribution in [0.3, 0.4) is 0 Å². The normalized spacial score (nSPS) is 10.0. The minimum atomic E-state index is -0.358. The summed E-state index contributed by atoms with van der Waals surface area (Å²) in [6.07, 6.45) is 0. The molecule has 0 saturated carbocycles. The van der Waals surface area contributed by atoms with Crippen LogP contribution < -0.4 is 19.5 Å². The van der Waals surface area contributed by atoms with Gasteiger partial charge in [0.25, 0.3) is 5.91 Å². The Hall–Kier alpha value is -2.76. The van der Waals surface area contributed by atoms with Gasteiger partial charge in [-0.15, -0.1) is 0 Å². The molecular weight excluding hydrogens is 301 g/mol. The maximum Gasteiger partial charge on any atom is 0.262 e. The van der Waals surface area contributed by atoms with Crippen LogP contribution in [0.25, 0.3) is 0 Å². The largest absolute Gasteiger partial charge is 0.493 e. The second-order valence-electron chi connectivity index (χ2n) is 4.59. The zero-order valence-electron chi connectivity index (χ0n) is 13.0. The van der Waals surface area contributed by atoms with Crippen LogP contribution in [0.2, 0.25) is 0 Å². The highest BCUT2D eigenvalue weighted by molar-refractivity contribution is 5.92. The molecule has 2 rings (SSSR count). The maximum atomic E-state index is 12.8. The Labute approximate surface area is 134 Å². The third kappa shape index (κ3) is 4.88. The van der Waals surface area contributed by atoms with Crippen LogP contribution in [-0.4, -0.2) is 26.2 Å². The average molecular weight is 319 g/mol. The van der Waals surface area contributed by atoms with Gasteiger partial charge in [0.1, 0.15) is 11.6 Å². The Kier molecular flexibility index (Phi) is 5.80. The summed E-state index contributed by atoms with van der Waals surface area (Å²) in [6, 6.07) is 10.6. The van der Waals surface area contributed by atoms with Crippen molar-refractivity contribution in [3.63, 3.8) is 0 Å². The number of anilines is 1. The number of benzene rings is 2. The molecule has 1 N–H and O–H groups in total. The molecule has 0 unspecified atom stereocenters. The molecule has 0 aliphatic heterocycles. The second-order valence-corrected chi connectivity index (χ2v) is 4.59. The van der Waals surface area contributed by atoms with Crippen molar-refractivity contribution in [2.24, 2.45) is 0 Å². The third-order valence-electron chi connectivity index (χ3n) is 2.93. The highest BCUT2D eigenvalue weighted by Gasteiger charge is 2.08. The van der Waals surface area contributed by atoms with Crippen LogP contribution in [0, 0.1) is 5.82 Å². The van der Waals surface area contributed by atoms with E-state index in [-0.39, 0.29) is 18.3 Å². The van der Waals surface area contributed by atoms with E-state index < -0.39 is 0 Å². The van der Waals surface area contributed by atoms with Gasteiger partial charge in [0, 0.05) is 11.8 Å². The molecule has 23 heavy (non-hydrogen) atoms. The van der Waals surface area contributed by atoms with E-state index in [2.05, 4.69) is 5.32 Å². The number of ether oxygens (including phenoxy) is 3. The van der Waals surface area contributed by atoms with Gasteiger partial charge in [-0.1, -0.05) is 0 Å². The highest BCUT2D eigenvalue weighted by atomic mass is 19.1. The minimum absolute atomic E-state index is 0.179. The van der Waals surface area contributed by atoms with Crippen molar-refractivity contribution in [1.82, 2.24) is 0 Å². The molecule has 0 radical (unpaired) electrons. The molecule has 122 valence electrons. The van der Waals surface area contributed by atoms with Gasteiger partial charge < -0.3 is 19.5 Å². The van der Waals surface area contributed by atoms with Gasteiger partial charge in [0.2, 0.25) is 0 Å². The van der Waals surface area contributed by atoms with Crippen LogP contribution in [0.15, 0.2) is 42.5 Å². The van der Waals surface area contributed by atoms with Gasteiger partial charge in [-0.25, -0.2) is 4.39 Å². The number of hydrogen-bond acceptors (Lipinski definition) is 4. The molecule has 0 aromatic heterocycles. The number of nitrogens with one attached hydrogen (secondary N) is 1. The molecule has 5 nitrogen and oxygen atoms in total. The molecule has 0 aliphatic carbocycles. The van der Waals surface area contributed by atoms with Crippen molar-refractivity contribution in [2.75, 3.05) is 25.6 Å². The quantitative estimate of drug-likeness (QED) is 0.851. The number of amides is 1. The summed E-state index contributed by atoms with van der Waals surface area (Å²) in [5.74, 6) is 0.870. The van der Waals surface area contributed by atoms with Crippen LogP contribution in [0.1, 0.15) is 6.92 Å². The van der Waals surface area contributed by atoms with E-state index in [9.17, 15) is 9.18 Å². The number of carbonyl (C=O) groups excluding carboxylic acids is 1. The Balaban J connectivity index is 1.93. The standard InChI is InChI=1S/C17H18FNO4/c1-3-22-15-9-6-13(10-16(15)21-2)19-17(20)11-23-14-7-4-12(18)5-8-14/h4-10H,3,11H2,1-2H3,(H,19,20). The summed E-state index contributed by atoms with van der Waals surface area (Å²) in [5.41, 5.74) is 0.568. The Bertz CT molecular complexity index is 658. The molecule has 2 aromatic carbocycles. The first-order chi connectivity index (χ1) is 11.1. The first-order valence-electron chi connectivity index (χ1n) is 7.11. The van der Waals surface area contributed by atoms with Gasteiger partial charge in [-0.3, -0.25) is 4.79 Å².